The van der Waals surface area contributed by atoms with Crippen LogP contribution >= 0.6 is 0 Å². The third-order valence-electron chi connectivity index (χ3n) is 6.72. The lowest BCUT2D eigenvalue weighted by Gasteiger charge is -2.34. The quantitative estimate of drug-likeness (QED) is 0.456. The second-order valence-electron chi connectivity index (χ2n) is 9.51. The van der Waals surface area contributed by atoms with Crippen molar-refractivity contribution in [2.24, 2.45) is 0 Å². The molecule has 1 aliphatic rings. The largest absolute Gasteiger partial charge is 0.497 e. The maximum absolute atomic E-state index is 13.9. The fourth-order valence-corrected chi connectivity index (χ4v) is 5.49. The molecule has 0 bridgehead atoms. The lowest BCUT2D eigenvalue weighted by molar-refractivity contribution is -0.140. The van der Waals surface area contributed by atoms with Gasteiger partial charge < -0.3 is 15.0 Å². The molecule has 2 amide bonds. The number of amides is 2. The second-order valence-corrected chi connectivity index (χ2v) is 11.4. The molecule has 8 nitrogen and oxygen atoms in total. The first-order chi connectivity index (χ1) is 18.0. The molecule has 0 aliphatic heterocycles. The molecule has 11 heteroatoms. The van der Waals surface area contributed by atoms with Crippen LogP contribution in [0.15, 0.2) is 42.5 Å². The summed E-state index contributed by atoms with van der Waals surface area (Å²) in [6.45, 7) is 1.13. The molecule has 2 aromatic carbocycles. The van der Waals surface area contributed by atoms with Gasteiger partial charge in [0.25, 0.3) is 0 Å². The lowest BCUT2D eigenvalue weighted by Crippen LogP contribution is -2.53. The van der Waals surface area contributed by atoms with Crippen molar-refractivity contribution in [2.45, 2.75) is 64.1 Å². The molecular weight excluding hydrogens is 516 g/mol. The number of hydrogen-bond donors (Lipinski definition) is 1. The smallest absolute Gasteiger partial charge is 0.244 e. The monoisotopic (exact) mass is 551 g/mol. The number of nitrogens with zero attached hydrogens (tertiary/aromatic N) is 2. The third kappa shape index (κ3) is 7.66. The highest BCUT2D eigenvalue weighted by atomic mass is 32.2. The summed E-state index contributed by atoms with van der Waals surface area (Å²) in [5.41, 5.74) is 0.519. The summed E-state index contributed by atoms with van der Waals surface area (Å²) in [6.07, 6.45) is 6.07. The number of hydrogen-bond acceptors (Lipinski definition) is 5. The second kappa shape index (κ2) is 13.0. The van der Waals surface area contributed by atoms with Gasteiger partial charge in [-0.1, -0.05) is 38.3 Å². The zero-order valence-electron chi connectivity index (χ0n) is 22.0. The number of methoxy groups -OCH3 is 1. The van der Waals surface area contributed by atoms with E-state index in [2.05, 4.69) is 5.32 Å². The summed E-state index contributed by atoms with van der Waals surface area (Å²) in [6, 6.07) is 8.75. The number of carbonyl (C=O) groups is 2. The molecular formula is C27H35F2N3O5S. The first-order valence-corrected chi connectivity index (χ1v) is 14.5. The van der Waals surface area contributed by atoms with Gasteiger partial charge in [0, 0.05) is 18.7 Å². The molecule has 0 aromatic heterocycles. The summed E-state index contributed by atoms with van der Waals surface area (Å²) in [5.74, 6) is -2.71. The highest BCUT2D eigenvalue weighted by Gasteiger charge is 2.33. The fourth-order valence-electron chi connectivity index (χ4n) is 4.65. The van der Waals surface area contributed by atoms with Gasteiger partial charge in [-0.2, -0.15) is 0 Å². The number of rotatable bonds is 11. The van der Waals surface area contributed by atoms with Gasteiger partial charge in [-0.15, -0.1) is 0 Å². The van der Waals surface area contributed by atoms with Crippen LogP contribution in [0.5, 0.6) is 5.75 Å². The zero-order chi connectivity index (χ0) is 27.9. The summed E-state index contributed by atoms with van der Waals surface area (Å²) in [7, 11) is -2.52. The van der Waals surface area contributed by atoms with Gasteiger partial charge in [-0.05, 0) is 49.1 Å². The van der Waals surface area contributed by atoms with Gasteiger partial charge in [0.2, 0.25) is 21.8 Å². The molecule has 1 fully saturated rings. The van der Waals surface area contributed by atoms with Crippen molar-refractivity contribution in [2.75, 3.05) is 24.2 Å². The Balaban J connectivity index is 1.92. The van der Waals surface area contributed by atoms with Crippen LogP contribution in [0, 0.1) is 11.6 Å². The van der Waals surface area contributed by atoms with E-state index in [9.17, 15) is 26.8 Å². The Hall–Kier alpha value is -3.21. The predicted octanol–water partition coefficient (Wildman–Crippen LogP) is 4.00. The fraction of sp³-hybridized carbons (Fsp3) is 0.481. The molecule has 0 heterocycles. The van der Waals surface area contributed by atoms with Crippen LogP contribution in [0.1, 0.15) is 51.0 Å². The number of carbonyl (C=O) groups excluding carboxylic acids is 2. The van der Waals surface area contributed by atoms with Crippen molar-refractivity contribution in [3.05, 3.63) is 59.7 Å². The number of sulfonamides is 1. The van der Waals surface area contributed by atoms with Crippen molar-refractivity contribution >= 4 is 27.5 Å². The maximum atomic E-state index is 13.9. The van der Waals surface area contributed by atoms with Crippen molar-refractivity contribution < 1.29 is 31.5 Å². The Morgan fingerprint density at radius 3 is 2.26 bits per heavy atom. The molecule has 38 heavy (non-hydrogen) atoms. The minimum atomic E-state index is -4.05. The van der Waals surface area contributed by atoms with E-state index in [-0.39, 0.29) is 24.2 Å². The molecule has 1 atom stereocenters. The molecule has 0 saturated heterocycles. The highest BCUT2D eigenvalue weighted by molar-refractivity contribution is 7.92. The molecule has 1 saturated carbocycles. The predicted molar refractivity (Wildman–Crippen MR) is 141 cm³/mol. The van der Waals surface area contributed by atoms with Crippen LogP contribution in [-0.2, 0) is 26.2 Å². The van der Waals surface area contributed by atoms with E-state index in [1.54, 1.807) is 31.2 Å². The third-order valence-corrected chi connectivity index (χ3v) is 7.86. The van der Waals surface area contributed by atoms with E-state index in [1.165, 1.54) is 12.0 Å². The Morgan fingerprint density at radius 1 is 1.05 bits per heavy atom. The standard InChI is InChI=1S/C27H35F2N3O5S/c1-4-25(27(34)30-20-8-6-5-7-9-20)31(17-19-10-13-22(37-2)14-11-19)26(33)18-32(38(3,35)36)21-12-15-23(28)24(29)16-21/h10-16,20,25H,4-9,17-18H2,1-3H3,(H,30,34). The summed E-state index contributed by atoms with van der Waals surface area (Å²) in [5, 5.41) is 3.06. The van der Waals surface area contributed by atoms with Crippen molar-refractivity contribution in [1.82, 2.24) is 10.2 Å². The topological polar surface area (TPSA) is 96.0 Å². The van der Waals surface area contributed by atoms with Gasteiger partial charge >= 0.3 is 0 Å². The molecule has 1 aliphatic carbocycles. The first-order valence-electron chi connectivity index (χ1n) is 12.7. The number of nitrogens with one attached hydrogen (secondary N) is 1. The molecule has 0 spiro atoms. The Bertz CT molecular complexity index is 1220. The first kappa shape index (κ1) is 29.3. The zero-order valence-corrected chi connectivity index (χ0v) is 22.8. The Kier molecular flexibility index (Phi) is 10.1. The number of anilines is 1. The highest BCUT2D eigenvalue weighted by Crippen LogP contribution is 2.23. The van der Waals surface area contributed by atoms with E-state index in [4.69, 9.17) is 4.74 Å². The minimum Gasteiger partial charge on any atom is -0.497 e. The molecule has 208 valence electrons. The number of halogens is 2. The number of ether oxygens (including phenoxy) is 1. The van der Waals surface area contributed by atoms with Crippen LogP contribution in [0.4, 0.5) is 14.5 Å². The minimum absolute atomic E-state index is 0.0259. The lowest BCUT2D eigenvalue weighted by atomic mass is 9.95. The van der Waals surface area contributed by atoms with Crippen LogP contribution in [0.2, 0.25) is 0 Å². The van der Waals surface area contributed by atoms with Crippen molar-refractivity contribution in [1.29, 1.82) is 0 Å². The van der Waals surface area contributed by atoms with Crippen LogP contribution < -0.4 is 14.4 Å². The van der Waals surface area contributed by atoms with Crippen molar-refractivity contribution in [3.63, 3.8) is 0 Å². The van der Waals surface area contributed by atoms with E-state index in [1.807, 2.05) is 0 Å². The molecule has 1 unspecified atom stereocenters. The SMILES string of the molecule is CCC(C(=O)NC1CCCCC1)N(Cc1ccc(OC)cc1)C(=O)CN(c1ccc(F)c(F)c1)S(C)(=O)=O. The van der Waals surface area contributed by atoms with Gasteiger partial charge in [0.15, 0.2) is 11.6 Å². The molecule has 0 radical (unpaired) electrons. The van der Waals surface area contributed by atoms with E-state index in [0.29, 0.717) is 22.0 Å². The summed E-state index contributed by atoms with van der Waals surface area (Å²) < 4.78 is 58.5. The maximum Gasteiger partial charge on any atom is 0.244 e. The average Bonchev–Trinajstić information content (AvgIpc) is 2.89. The van der Waals surface area contributed by atoms with Gasteiger partial charge in [0.05, 0.1) is 19.1 Å². The van der Waals surface area contributed by atoms with E-state index >= 15 is 0 Å². The number of benzene rings is 2. The van der Waals surface area contributed by atoms with Gasteiger partial charge in [-0.25, -0.2) is 17.2 Å². The van der Waals surface area contributed by atoms with Crippen LogP contribution in [0.25, 0.3) is 0 Å². The molecule has 2 aromatic rings. The molecule has 3 rings (SSSR count). The Labute approximate surface area is 223 Å². The average molecular weight is 552 g/mol. The van der Waals surface area contributed by atoms with E-state index < -0.39 is 40.2 Å². The van der Waals surface area contributed by atoms with E-state index in [0.717, 1.165) is 56.6 Å². The van der Waals surface area contributed by atoms with Crippen LogP contribution in [-0.4, -0.2) is 57.1 Å². The van der Waals surface area contributed by atoms with Crippen LogP contribution in [0.3, 0.4) is 0 Å². The summed E-state index contributed by atoms with van der Waals surface area (Å²) in [4.78, 5) is 28.4. The molecule has 1 N–H and O–H groups in total. The van der Waals surface area contributed by atoms with Gasteiger partial charge in [0.1, 0.15) is 18.3 Å². The Morgan fingerprint density at radius 2 is 1.71 bits per heavy atom. The normalized spacial score (nSPS) is 15.0. The van der Waals surface area contributed by atoms with Gasteiger partial charge in [-0.3, -0.25) is 13.9 Å². The summed E-state index contributed by atoms with van der Waals surface area (Å²) >= 11 is 0. The van der Waals surface area contributed by atoms with Crippen molar-refractivity contribution in [3.8, 4) is 5.75 Å².